The second kappa shape index (κ2) is 7.61. The van der Waals surface area contributed by atoms with E-state index < -0.39 is 0 Å². The zero-order valence-corrected chi connectivity index (χ0v) is 12.6. The molecule has 0 aliphatic rings. The molecule has 0 aromatic heterocycles. The van der Waals surface area contributed by atoms with E-state index >= 15 is 0 Å². The van der Waals surface area contributed by atoms with Crippen molar-refractivity contribution in [1.29, 1.82) is 0 Å². The summed E-state index contributed by atoms with van der Waals surface area (Å²) >= 11 is 9.55. The average Bonchev–Trinajstić information content (AvgIpc) is 2.32. The van der Waals surface area contributed by atoms with Crippen molar-refractivity contribution in [2.75, 3.05) is 13.1 Å². The zero-order chi connectivity index (χ0) is 13.5. The molecule has 1 rings (SSSR count). The van der Waals surface area contributed by atoms with Crippen molar-refractivity contribution >= 4 is 33.4 Å². The fourth-order valence-electron chi connectivity index (χ4n) is 1.68. The van der Waals surface area contributed by atoms with E-state index in [-0.39, 0.29) is 5.84 Å². The van der Waals surface area contributed by atoms with Crippen molar-refractivity contribution < 1.29 is 5.21 Å². The zero-order valence-electron chi connectivity index (χ0n) is 10.2. The third-order valence-electron chi connectivity index (χ3n) is 2.46. The lowest BCUT2D eigenvalue weighted by atomic mass is 10.2. The number of amidine groups is 1. The number of halogens is 2. The van der Waals surface area contributed by atoms with Crippen LogP contribution in [0.2, 0.25) is 5.02 Å². The molecule has 3 N–H and O–H groups in total. The van der Waals surface area contributed by atoms with Crippen LogP contribution >= 0.6 is 27.5 Å². The Hall–Kier alpha value is -0.780. The molecule has 0 saturated carbocycles. The number of benzene rings is 1. The van der Waals surface area contributed by atoms with Gasteiger partial charge >= 0.3 is 0 Å². The molecular weight excluding hydrogens is 318 g/mol. The second-order valence-corrected chi connectivity index (χ2v) is 5.36. The summed E-state index contributed by atoms with van der Waals surface area (Å²) < 4.78 is 0.953. The minimum atomic E-state index is 0.205. The van der Waals surface area contributed by atoms with E-state index in [9.17, 15) is 0 Å². The molecule has 4 nitrogen and oxygen atoms in total. The van der Waals surface area contributed by atoms with Gasteiger partial charge in [-0.15, -0.1) is 0 Å². The Kier molecular flexibility index (Phi) is 6.46. The molecule has 100 valence electrons. The highest BCUT2D eigenvalue weighted by molar-refractivity contribution is 9.10. The molecule has 1 aromatic carbocycles. The average molecular weight is 335 g/mol. The summed E-state index contributed by atoms with van der Waals surface area (Å²) in [5, 5.41) is 12.3. The molecular formula is C12H17BrClN3O. The maximum absolute atomic E-state index is 8.61. The Morgan fingerprint density at radius 3 is 2.83 bits per heavy atom. The van der Waals surface area contributed by atoms with Crippen LogP contribution in [0.15, 0.2) is 27.8 Å². The quantitative estimate of drug-likeness (QED) is 0.364. The van der Waals surface area contributed by atoms with Gasteiger partial charge < -0.3 is 10.9 Å². The van der Waals surface area contributed by atoms with E-state index in [1.165, 1.54) is 0 Å². The van der Waals surface area contributed by atoms with Crippen LogP contribution in [0.3, 0.4) is 0 Å². The van der Waals surface area contributed by atoms with E-state index in [1.807, 2.05) is 18.2 Å². The predicted octanol–water partition coefficient (Wildman–Crippen LogP) is 3.06. The molecule has 0 bridgehead atoms. The number of nitrogens with two attached hydrogens (primary N) is 1. The molecule has 0 amide bonds. The van der Waals surface area contributed by atoms with Crippen LogP contribution in [0.25, 0.3) is 0 Å². The van der Waals surface area contributed by atoms with E-state index in [1.54, 1.807) is 0 Å². The lowest BCUT2D eigenvalue weighted by Crippen LogP contribution is -2.34. The minimum absolute atomic E-state index is 0.205. The summed E-state index contributed by atoms with van der Waals surface area (Å²) in [7, 11) is 0. The summed E-state index contributed by atoms with van der Waals surface area (Å²) in [6.07, 6.45) is 0.993. The normalized spacial score (nSPS) is 12.1. The summed E-state index contributed by atoms with van der Waals surface area (Å²) in [4.78, 5) is 2.09. The van der Waals surface area contributed by atoms with Gasteiger partial charge in [-0.05, 0) is 30.7 Å². The van der Waals surface area contributed by atoms with Crippen molar-refractivity contribution in [3.8, 4) is 0 Å². The highest BCUT2D eigenvalue weighted by Gasteiger charge is 2.10. The molecule has 0 saturated heterocycles. The highest BCUT2D eigenvalue weighted by Crippen LogP contribution is 2.22. The largest absolute Gasteiger partial charge is 0.409 e. The number of hydrogen-bond donors (Lipinski definition) is 2. The summed E-state index contributed by atoms with van der Waals surface area (Å²) in [5.41, 5.74) is 6.56. The standard InChI is InChI=1S/C12H17BrClN3O/c1-2-5-17(8-12(15)16-18)7-9-3-4-10(13)6-11(9)14/h3-4,6,18H,2,5,7-8H2,1H3,(H2,15,16). The van der Waals surface area contributed by atoms with Crippen molar-refractivity contribution in [2.24, 2.45) is 10.9 Å². The SMILES string of the molecule is CCCN(C/C(N)=N/O)Cc1ccc(Br)cc1Cl. The fourth-order valence-corrected chi connectivity index (χ4v) is 2.41. The number of nitrogens with zero attached hydrogens (tertiary/aromatic N) is 2. The van der Waals surface area contributed by atoms with Crippen LogP contribution in [-0.2, 0) is 6.54 Å². The van der Waals surface area contributed by atoms with Gasteiger partial charge in [0.05, 0.1) is 6.54 Å². The van der Waals surface area contributed by atoms with Gasteiger partial charge in [0.25, 0.3) is 0 Å². The minimum Gasteiger partial charge on any atom is -0.409 e. The molecule has 0 fully saturated rings. The molecule has 0 aliphatic carbocycles. The molecule has 18 heavy (non-hydrogen) atoms. The molecule has 0 atom stereocenters. The summed E-state index contributed by atoms with van der Waals surface area (Å²) in [6, 6.07) is 5.79. The molecule has 1 aromatic rings. The predicted molar refractivity (Wildman–Crippen MR) is 78.1 cm³/mol. The summed E-state index contributed by atoms with van der Waals surface area (Å²) in [5.74, 6) is 0.205. The van der Waals surface area contributed by atoms with Crippen molar-refractivity contribution in [3.63, 3.8) is 0 Å². The van der Waals surface area contributed by atoms with Gasteiger partial charge in [-0.25, -0.2) is 0 Å². The number of rotatable bonds is 6. The first-order valence-electron chi connectivity index (χ1n) is 5.69. The van der Waals surface area contributed by atoms with Gasteiger partial charge in [-0.2, -0.15) is 0 Å². The topological polar surface area (TPSA) is 61.8 Å². The maximum atomic E-state index is 8.61. The van der Waals surface area contributed by atoms with Gasteiger partial charge in [0.2, 0.25) is 0 Å². The van der Waals surface area contributed by atoms with Crippen LogP contribution in [0.1, 0.15) is 18.9 Å². The maximum Gasteiger partial charge on any atom is 0.153 e. The molecule has 0 aliphatic heterocycles. The van der Waals surface area contributed by atoms with Crippen molar-refractivity contribution in [1.82, 2.24) is 4.90 Å². The molecule has 0 heterocycles. The Bertz CT molecular complexity index is 426. The Morgan fingerprint density at radius 1 is 1.56 bits per heavy atom. The van der Waals surface area contributed by atoms with Crippen LogP contribution < -0.4 is 5.73 Å². The Labute approximate surface area is 121 Å². The van der Waals surface area contributed by atoms with Gasteiger partial charge in [0, 0.05) is 16.0 Å². The van der Waals surface area contributed by atoms with Gasteiger partial charge in [0.15, 0.2) is 5.84 Å². The van der Waals surface area contributed by atoms with E-state index in [0.29, 0.717) is 18.1 Å². The third-order valence-corrected chi connectivity index (χ3v) is 3.31. The Balaban J connectivity index is 2.76. The monoisotopic (exact) mass is 333 g/mol. The first-order valence-corrected chi connectivity index (χ1v) is 6.86. The van der Waals surface area contributed by atoms with Gasteiger partial charge in [-0.1, -0.05) is 45.7 Å². The second-order valence-electron chi connectivity index (χ2n) is 4.04. The van der Waals surface area contributed by atoms with Gasteiger partial charge in [0.1, 0.15) is 0 Å². The molecule has 0 unspecified atom stereocenters. The van der Waals surface area contributed by atoms with Crippen LogP contribution in [0.5, 0.6) is 0 Å². The first kappa shape index (κ1) is 15.3. The lowest BCUT2D eigenvalue weighted by molar-refractivity contribution is 0.286. The van der Waals surface area contributed by atoms with Crippen molar-refractivity contribution in [3.05, 3.63) is 33.3 Å². The number of hydrogen-bond acceptors (Lipinski definition) is 3. The Morgan fingerprint density at radius 2 is 2.28 bits per heavy atom. The van der Waals surface area contributed by atoms with Gasteiger partial charge in [-0.3, -0.25) is 4.90 Å². The van der Waals surface area contributed by atoms with Crippen LogP contribution in [0.4, 0.5) is 0 Å². The molecule has 0 spiro atoms. The summed E-state index contributed by atoms with van der Waals surface area (Å²) in [6.45, 7) is 4.05. The smallest absolute Gasteiger partial charge is 0.153 e. The van der Waals surface area contributed by atoms with Crippen LogP contribution in [0, 0.1) is 0 Å². The van der Waals surface area contributed by atoms with E-state index in [4.69, 9.17) is 22.5 Å². The molecule has 6 heteroatoms. The lowest BCUT2D eigenvalue weighted by Gasteiger charge is -2.21. The first-order chi connectivity index (χ1) is 8.56. The van der Waals surface area contributed by atoms with Crippen molar-refractivity contribution in [2.45, 2.75) is 19.9 Å². The third kappa shape index (κ3) is 4.84. The van der Waals surface area contributed by atoms with Crippen LogP contribution in [-0.4, -0.2) is 29.0 Å². The fraction of sp³-hybridized carbons (Fsp3) is 0.417. The highest BCUT2D eigenvalue weighted by atomic mass is 79.9. The molecule has 0 radical (unpaired) electrons. The van der Waals surface area contributed by atoms with E-state index in [0.717, 1.165) is 23.0 Å². The van der Waals surface area contributed by atoms with E-state index in [2.05, 4.69) is 32.9 Å². The number of oxime groups is 1.